The van der Waals surface area contributed by atoms with Crippen LogP contribution in [0.15, 0.2) is 12.3 Å². The summed E-state index contributed by atoms with van der Waals surface area (Å²) in [5.41, 5.74) is 2.62. The first-order valence-electron chi connectivity index (χ1n) is 8.65. The lowest BCUT2D eigenvalue weighted by Crippen LogP contribution is -2.34. The molecule has 1 aliphatic heterocycles. The summed E-state index contributed by atoms with van der Waals surface area (Å²) in [6, 6.07) is 2.29. The number of piperidine rings is 1. The zero-order valence-electron chi connectivity index (χ0n) is 14.0. The van der Waals surface area contributed by atoms with Crippen LogP contribution in [0.25, 0.3) is 0 Å². The second-order valence-corrected chi connectivity index (χ2v) is 6.38. The number of hydrogen-bond acceptors (Lipinski definition) is 3. The summed E-state index contributed by atoms with van der Waals surface area (Å²) < 4.78 is 0. The Morgan fingerprint density at radius 1 is 1.24 bits per heavy atom. The monoisotopic (exact) mass is 289 g/mol. The molecule has 1 aliphatic rings. The van der Waals surface area contributed by atoms with E-state index in [-0.39, 0.29) is 0 Å². The number of hydrogen-bond donors (Lipinski definition) is 1. The van der Waals surface area contributed by atoms with Gasteiger partial charge in [0.25, 0.3) is 0 Å². The van der Waals surface area contributed by atoms with Gasteiger partial charge in [-0.05, 0) is 55.8 Å². The van der Waals surface area contributed by atoms with Gasteiger partial charge in [0.2, 0.25) is 0 Å². The molecule has 0 aliphatic carbocycles. The molecule has 1 fully saturated rings. The second-order valence-electron chi connectivity index (χ2n) is 6.38. The highest BCUT2D eigenvalue weighted by atomic mass is 15.2. The van der Waals surface area contributed by atoms with Gasteiger partial charge in [-0.3, -0.25) is 0 Å². The lowest BCUT2D eigenvalue weighted by molar-refractivity contribution is 0.377. The molecule has 0 atom stereocenters. The van der Waals surface area contributed by atoms with Gasteiger partial charge in [0.1, 0.15) is 5.82 Å². The summed E-state index contributed by atoms with van der Waals surface area (Å²) in [7, 11) is 0. The lowest BCUT2D eigenvalue weighted by atomic mass is 9.92. The van der Waals surface area contributed by atoms with E-state index in [1.54, 1.807) is 0 Å². The van der Waals surface area contributed by atoms with Crippen LogP contribution in [0.1, 0.15) is 57.1 Å². The minimum Gasteiger partial charge on any atom is -0.356 e. The minimum absolute atomic E-state index is 0.931. The van der Waals surface area contributed by atoms with Crippen molar-refractivity contribution < 1.29 is 0 Å². The number of anilines is 1. The topological polar surface area (TPSA) is 28.2 Å². The minimum atomic E-state index is 0.931. The molecule has 1 aromatic rings. The second kappa shape index (κ2) is 8.38. The summed E-state index contributed by atoms with van der Waals surface area (Å²) >= 11 is 0. The van der Waals surface area contributed by atoms with Crippen molar-refractivity contribution in [2.24, 2.45) is 5.92 Å². The van der Waals surface area contributed by atoms with E-state index >= 15 is 0 Å². The maximum atomic E-state index is 4.74. The number of rotatable bonds is 7. The van der Waals surface area contributed by atoms with Crippen LogP contribution in [0.3, 0.4) is 0 Å². The largest absolute Gasteiger partial charge is 0.356 e. The van der Waals surface area contributed by atoms with Gasteiger partial charge >= 0.3 is 0 Å². The van der Waals surface area contributed by atoms with Gasteiger partial charge in [-0.25, -0.2) is 4.98 Å². The first-order chi connectivity index (χ1) is 10.2. The van der Waals surface area contributed by atoms with Crippen molar-refractivity contribution in [2.75, 3.05) is 24.5 Å². The molecule has 21 heavy (non-hydrogen) atoms. The van der Waals surface area contributed by atoms with Gasteiger partial charge in [-0.15, -0.1) is 0 Å². The molecule has 0 bridgehead atoms. The van der Waals surface area contributed by atoms with Crippen molar-refractivity contribution in [2.45, 2.75) is 59.4 Å². The van der Waals surface area contributed by atoms with E-state index in [9.17, 15) is 0 Å². The third-order valence-electron chi connectivity index (χ3n) is 4.47. The highest BCUT2D eigenvalue weighted by Crippen LogP contribution is 2.26. The summed E-state index contributed by atoms with van der Waals surface area (Å²) in [6.45, 7) is 11.0. The molecular weight excluding hydrogens is 258 g/mol. The first kappa shape index (κ1) is 16.3. The van der Waals surface area contributed by atoms with Crippen molar-refractivity contribution in [3.63, 3.8) is 0 Å². The number of nitrogens with zero attached hydrogens (tertiary/aromatic N) is 2. The molecular formula is C18H31N3. The summed E-state index contributed by atoms with van der Waals surface area (Å²) in [4.78, 5) is 7.21. The Balaban J connectivity index is 1.92. The molecule has 0 unspecified atom stereocenters. The van der Waals surface area contributed by atoms with E-state index in [0.29, 0.717) is 0 Å². The van der Waals surface area contributed by atoms with Gasteiger partial charge in [0, 0.05) is 25.8 Å². The average Bonchev–Trinajstić information content (AvgIpc) is 2.49. The molecule has 0 saturated carbocycles. The van der Waals surface area contributed by atoms with Crippen LogP contribution < -0.4 is 10.2 Å². The number of aryl methyl sites for hydroxylation is 1. The van der Waals surface area contributed by atoms with E-state index in [0.717, 1.165) is 19.0 Å². The van der Waals surface area contributed by atoms with E-state index < -0.39 is 0 Å². The maximum absolute atomic E-state index is 4.74. The van der Waals surface area contributed by atoms with Crippen LogP contribution >= 0.6 is 0 Å². The quantitative estimate of drug-likeness (QED) is 0.771. The van der Waals surface area contributed by atoms with Crippen LogP contribution in [0.2, 0.25) is 0 Å². The smallest absolute Gasteiger partial charge is 0.131 e. The van der Waals surface area contributed by atoms with Crippen LogP contribution in [0, 0.1) is 12.8 Å². The molecule has 0 spiro atoms. The first-order valence-corrected chi connectivity index (χ1v) is 8.65. The molecule has 2 heterocycles. The van der Waals surface area contributed by atoms with Crippen molar-refractivity contribution in [1.82, 2.24) is 10.3 Å². The fourth-order valence-electron chi connectivity index (χ4n) is 3.30. The zero-order chi connectivity index (χ0) is 15.1. The van der Waals surface area contributed by atoms with Crippen molar-refractivity contribution >= 4 is 5.82 Å². The molecule has 3 heteroatoms. The van der Waals surface area contributed by atoms with E-state index in [1.807, 2.05) is 6.20 Å². The SMILES string of the molecule is CCCNCc1cnc(N2CCC(CCC)CC2)c(C)c1. The normalized spacial score (nSPS) is 16.4. The highest BCUT2D eigenvalue weighted by Gasteiger charge is 2.20. The Morgan fingerprint density at radius 2 is 2.00 bits per heavy atom. The predicted octanol–water partition coefficient (Wildman–Crippen LogP) is 3.91. The van der Waals surface area contributed by atoms with Crippen molar-refractivity contribution in [3.05, 3.63) is 23.4 Å². The Hall–Kier alpha value is -1.09. The van der Waals surface area contributed by atoms with Crippen LogP contribution in [0.4, 0.5) is 5.82 Å². The number of nitrogens with one attached hydrogen (secondary N) is 1. The molecule has 0 aromatic carbocycles. The number of aromatic nitrogens is 1. The van der Waals surface area contributed by atoms with Crippen molar-refractivity contribution in [1.29, 1.82) is 0 Å². The third kappa shape index (κ3) is 4.70. The maximum Gasteiger partial charge on any atom is 0.131 e. The Bertz CT molecular complexity index is 422. The van der Waals surface area contributed by atoms with Crippen molar-refractivity contribution in [3.8, 4) is 0 Å². The Kier molecular flexibility index (Phi) is 6.50. The fraction of sp³-hybridized carbons (Fsp3) is 0.722. The molecule has 118 valence electrons. The van der Waals surface area contributed by atoms with Gasteiger partial charge < -0.3 is 10.2 Å². The van der Waals surface area contributed by atoms with Gasteiger partial charge in [-0.1, -0.05) is 26.7 Å². The van der Waals surface area contributed by atoms with Gasteiger partial charge in [0.05, 0.1) is 0 Å². The average molecular weight is 289 g/mol. The molecule has 1 saturated heterocycles. The highest BCUT2D eigenvalue weighted by molar-refractivity contribution is 5.47. The molecule has 1 aromatic heterocycles. The third-order valence-corrected chi connectivity index (χ3v) is 4.47. The van der Waals surface area contributed by atoms with E-state index in [4.69, 9.17) is 4.98 Å². The Morgan fingerprint density at radius 3 is 2.62 bits per heavy atom. The molecule has 3 nitrogen and oxygen atoms in total. The van der Waals surface area contributed by atoms with Gasteiger partial charge in [-0.2, -0.15) is 0 Å². The summed E-state index contributed by atoms with van der Waals surface area (Å²) in [5, 5.41) is 3.44. The molecule has 0 radical (unpaired) electrons. The molecule has 2 rings (SSSR count). The van der Waals surface area contributed by atoms with Gasteiger partial charge in [0.15, 0.2) is 0 Å². The zero-order valence-corrected chi connectivity index (χ0v) is 14.0. The number of pyridine rings is 1. The van der Waals surface area contributed by atoms with E-state index in [1.165, 1.54) is 62.1 Å². The summed E-state index contributed by atoms with van der Waals surface area (Å²) in [6.07, 6.45) is 8.59. The van der Waals surface area contributed by atoms with Crippen LogP contribution in [-0.2, 0) is 6.54 Å². The molecule has 0 amide bonds. The lowest BCUT2D eigenvalue weighted by Gasteiger charge is -2.33. The Labute approximate surface area is 130 Å². The van der Waals surface area contributed by atoms with Crippen LogP contribution in [-0.4, -0.2) is 24.6 Å². The standard InChI is InChI=1S/C18H31N3/c1-4-6-16-7-10-21(11-8-16)18-15(3)12-17(14-20-18)13-19-9-5-2/h12,14,16,19H,4-11,13H2,1-3H3. The fourth-order valence-corrected chi connectivity index (χ4v) is 3.30. The molecule has 1 N–H and O–H groups in total. The summed E-state index contributed by atoms with van der Waals surface area (Å²) in [5.74, 6) is 2.13. The predicted molar refractivity (Wildman–Crippen MR) is 90.8 cm³/mol. The van der Waals surface area contributed by atoms with Crippen LogP contribution in [0.5, 0.6) is 0 Å². The van der Waals surface area contributed by atoms with E-state index in [2.05, 4.69) is 37.1 Å².